The Labute approximate surface area is 126 Å². The molecular formula is C14H17ClN2O2S. The van der Waals surface area contributed by atoms with Gasteiger partial charge in [-0.3, -0.25) is 4.79 Å². The maximum atomic E-state index is 12.1. The second-order valence-corrected chi connectivity index (χ2v) is 5.78. The van der Waals surface area contributed by atoms with E-state index in [1.807, 2.05) is 19.1 Å². The lowest BCUT2D eigenvalue weighted by Gasteiger charge is -2.04. The Bertz CT molecular complexity index is 612. The van der Waals surface area contributed by atoms with Crippen LogP contribution in [0.4, 0.5) is 5.69 Å². The van der Waals surface area contributed by atoms with E-state index in [9.17, 15) is 4.79 Å². The first-order valence-corrected chi connectivity index (χ1v) is 7.66. The molecule has 0 unspecified atom stereocenters. The minimum Gasteiger partial charge on any atom is -0.397 e. The van der Waals surface area contributed by atoms with E-state index < -0.39 is 0 Å². The summed E-state index contributed by atoms with van der Waals surface area (Å²) in [5.41, 5.74) is 6.54. The van der Waals surface area contributed by atoms with Crippen molar-refractivity contribution >= 4 is 44.6 Å². The predicted molar refractivity (Wildman–Crippen MR) is 84.7 cm³/mol. The van der Waals surface area contributed by atoms with Crippen LogP contribution >= 0.6 is 22.9 Å². The van der Waals surface area contributed by atoms with Crippen molar-refractivity contribution in [3.05, 3.63) is 28.1 Å². The molecule has 6 heteroatoms. The highest BCUT2D eigenvalue weighted by Crippen LogP contribution is 2.35. The van der Waals surface area contributed by atoms with Crippen molar-refractivity contribution in [2.75, 3.05) is 25.5 Å². The Morgan fingerprint density at radius 3 is 3.05 bits per heavy atom. The molecular weight excluding hydrogens is 296 g/mol. The van der Waals surface area contributed by atoms with Crippen molar-refractivity contribution in [3.63, 3.8) is 0 Å². The lowest BCUT2D eigenvalue weighted by Crippen LogP contribution is -2.25. The number of hydrogen-bond acceptors (Lipinski definition) is 4. The molecule has 0 spiro atoms. The molecule has 2 rings (SSSR count). The topological polar surface area (TPSA) is 64.3 Å². The van der Waals surface area contributed by atoms with Crippen molar-refractivity contribution in [1.29, 1.82) is 0 Å². The number of amides is 1. The van der Waals surface area contributed by atoms with Gasteiger partial charge in [-0.25, -0.2) is 0 Å². The SMILES string of the molecule is CCOCCCNC(=O)c1sc2cc(Cl)ccc2c1N. The molecule has 108 valence electrons. The molecule has 1 heterocycles. The van der Waals surface area contributed by atoms with Gasteiger partial charge in [0.05, 0.1) is 5.69 Å². The molecule has 1 aromatic heterocycles. The molecule has 3 N–H and O–H groups in total. The van der Waals surface area contributed by atoms with Gasteiger partial charge in [0.25, 0.3) is 5.91 Å². The Kier molecular flexibility index (Phi) is 5.23. The third kappa shape index (κ3) is 3.42. The maximum absolute atomic E-state index is 12.1. The van der Waals surface area contributed by atoms with Crippen molar-refractivity contribution in [2.45, 2.75) is 13.3 Å². The van der Waals surface area contributed by atoms with E-state index >= 15 is 0 Å². The lowest BCUT2D eigenvalue weighted by molar-refractivity contribution is 0.0949. The number of nitrogens with two attached hydrogens (primary N) is 1. The van der Waals surface area contributed by atoms with Gasteiger partial charge in [0.1, 0.15) is 4.88 Å². The fourth-order valence-electron chi connectivity index (χ4n) is 1.86. The van der Waals surface area contributed by atoms with Crippen molar-refractivity contribution < 1.29 is 9.53 Å². The molecule has 0 aliphatic rings. The van der Waals surface area contributed by atoms with Crippen LogP contribution in [-0.2, 0) is 4.74 Å². The summed E-state index contributed by atoms with van der Waals surface area (Å²) in [5.74, 6) is -0.142. The van der Waals surface area contributed by atoms with Crippen LogP contribution in [-0.4, -0.2) is 25.7 Å². The van der Waals surface area contributed by atoms with E-state index in [-0.39, 0.29) is 5.91 Å². The lowest BCUT2D eigenvalue weighted by atomic mass is 10.2. The molecule has 2 aromatic rings. The van der Waals surface area contributed by atoms with Crippen LogP contribution in [0, 0.1) is 0 Å². The number of rotatable bonds is 6. The van der Waals surface area contributed by atoms with Crippen LogP contribution in [0.5, 0.6) is 0 Å². The minimum atomic E-state index is -0.142. The third-order valence-corrected chi connectivity index (χ3v) is 4.25. The second kappa shape index (κ2) is 6.92. The molecule has 0 saturated heterocycles. The smallest absolute Gasteiger partial charge is 0.263 e. The largest absolute Gasteiger partial charge is 0.397 e. The van der Waals surface area contributed by atoms with E-state index in [1.54, 1.807) is 6.07 Å². The fourth-order valence-corrected chi connectivity index (χ4v) is 3.18. The van der Waals surface area contributed by atoms with Crippen LogP contribution in [0.1, 0.15) is 23.0 Å². The summed E-state index contributed by atoms with van der Waals surface area (Å²) >= 11 is 7.31. The number of fused-ring (bicyclic) bond motifs is 1. The van der Waals surface area contributed by atoms with Crippen molar-refractivity contribution in [2.24, 2.45) is 0 Å². The van der Waals surface area contributed by atoms with Gasteiger partial charge in [-0.15, -0.1) is 11.3 Å². The summed E-state index contributed by atoms with van der Waals surface area (Å²) in [6, 6.07) is 5.44. The van der Waals surface area contributed by atoms with Gasteiger partial charge >= 0.3 is 0 Å². The number of nitrogens with one attached hydrogen (secondary N) is 1. The molecule has 4 nitrogen and oxygen atoms in total. The second-order valence-electron chi connectivity index (χ2n) is 4.29. The van der Waals surface area contributed by atoms with E-state index in [0.29, 0.717) is 35.3 Å². The number of ether oxygens (including phenoxy) is 1. The van der Waals surface area contributed by atoms with Crippen LogP contribution < -0.4 is 11.1 Å². The molecule has 0 fully saturated rings. The summed E-state index contributed by atoms with van der Waals surface area (Å²) in [6.07, 6.45) is 0.788. The average molecular weight is 313 g/mol. The highest BCUT2D eigenvalue weighted by atomic mass is 35.5. The van der Waals surface area contributed by atoms with Gasteiger partial charge in [-0.1, -0.05) is 11.6 Å². The van der Waals surface area contributed by atoms with Crippen molar-refractivity contribution in [1.82, 2.24) is 5.32 Å². The highest BCUT2D eigenvalue weighted by molar-refractivity contribution is 7.21. The number of carbonyl (C=O) groups excluding carboxylic acids is 1. The molecule has 0 aliphatic carbocycles. The van der Waals surface area contributed by atoms with Crippen LogP contribution in [0.2, 0.25) is 5.02 Å². The molecule has 0 saturated carbocycles. The minimum absolute atomic E-state index is 0.142. The monoisotopic (exact) mass is 312 g/mol. The fraction of sp³-hybridized carbons (Fsp3) is 0.357. The molecule has 0 atom stereocenters. The zero-order chi connectivity index (χ0) is 14.5. The summed E-state index contributed by atoms with van der Waals surface area (Å²) in [4.78, 5) is 12.6. The standard InChI is InChI=1S/C14H17ClN2O2S/c1-2-19-7-3-6-17-14(18)13-12(16)10-5-4-9(15)8-11(10)20-13/h4-5,8H,2-3,6-7,16H2,1H3,(H,17,18). The van der Waals surface area contributed by atoms with Gasteiger partial charge in [0.15, 0.2) is 0 Å². The van der Waals surface area contributed by atoms with Gasteiger partial charge in [-0.2, -0.15) is 0 Å². The zero-order valence-electron chi connectivity index (χ0n) is 11.2. The van der Waals surface area contributed by atoms with E-state index in [0.717, 1.165) is 16.5 Å². The first kappa shape index (κ1) is 15.1. The van der Waals surface area contributed by atoms with Crippen LogP contribution in [0.3, 0.4) is 0 Å². The number of hydrogen-bond donors (Lipinski definition) is 2. The number of benzene rings is 1. The van der Waals surface area contributed by atoms with E-state index in [4.69, 9.17) is 22.1 Å². The number of thiophene rings is 1. The van der Waals surface area contributed by atoms with Gasteiger partial charge in [0, 0.05) is 34.9 Å². The number of halogens is 1. The zero-order valence-corrected chi connectivity index (χ0v) is 12.8. The van der Waals surface area contributed by atoms with Crippen LogP contribution in [0.25, 0.3) is 10.1 Å². The maximum Gasteiger partial charge on any atom is 0.263 e. The molecule has 20 heavy (non-hydrogen) atoms. The van der Waals surface area contributed by atoms with Crippen LogP contribution in [0.15, 0.2) is 18.2 Å². The molecule has 1 amide bonds. The third-order valence-electron chi connectivity index (χ3n) is 2.85. The molecule has 0 bridgehead atoms. The van der Waals surface area contributed by atoms with Gasteiger partial charge in [0.2, 0.25) is 0 Å². The summed E-state index contributed by atoms with van der Waals surface area (Å²) in [5, 5.41) is 4.37. The number of nitrogen functional groups attached to an aromatic ring is 1. The van der Waals surface area contributed by atoms with Gasteiger partial charge < -0.3 is 15.8 Å². The normalized spacial score (nSPS) is 10.9. The highest BCUT2D eigenvalue weighted by Gasteiger charge is 2.15. The predicted octanol–water partition coefficient (Wildman–Crippen LogP) is 3.29. The molecule has 1 aromatic carbocycles. The first-order chi connectivity index (χ1) is 9.63. The summed E-state index contributed by atoms with van der Waals surface area (Å²) in [6.45, 7) is 3.86. The van der Waals surface area contributed by atoms with Gasteiger partial charge in [-0.05, 0) is 31.5 Å². The van der Waals surface area contributed by atoms with Crippen molar-refractivity contribution in [3.8, 4) is 0 Å². The Morgan fingerprint density at radius 2 is 2.30 bits per heavy atom. The Morgan fingerprint density at radius 1 is 1.50 bits per heavy atom. The van der Waals surface area contributed by atoms with E-state index in [2.05, 4.69) is 5.32 Å². The molecule has 0 aliphatic heterocycles. The van der Waals surface area contributed by atoms with E-state index in [1.165, 1.54) is 11.3 Å². The number of anilines is 1. The Hall–Kier alpha value is -1.30. The number of carbonyl (C=O) groups is 1. The Balaban J connectivity index is 2.04. The summed E-state index contributed by atoms with van der Waals surface area (Å²) in [7, 11) is 0. The quantitative estimate of drug-likeness (QED) is 0.804. The average Bonchev–Trinajstić information content (AvgIpc) is 2.75. The molecule has 0 radical (unpaired) electrons. The first-order valence-electron chi connectivity index (χ1n) is 6.47. The summed E-state index contributed by atoms with van der Waals surface area (Å²) < 4.78 is 6.14.